The lowest BCUT2D eigenvalue weighted by molar-refractivity contribution is -0.139. The van der Waals surface area contributed by atoms with Crippen molar-refractivity contribution in [2.45, 2.75) is 44.2 Å². The van der Waals surface area contributed by atoms with Crippen LogP contribution in [0.2, 0.25) is 10.0 Å². The molecule has 0 heterocycles. The minimum Gasteiger partial charge on any atom is -0.480 e. The van der Waals surface area contributed by atoms with Crippen molar-refractivity contribution in [3.8, 4) is 6.19 Å². The number of nitriles is 1. The van der Waals surface area contributed by atoms with Crippen molar-refractivity contribution in [2.75, 3.05) is 0 Å². The molecule has 2 aromatic rings. The Morgan fingerprint density at radius 1 is 1.11 bits per heavy atom. The molecule has 0 unspecified atom stereocenters. The second-order valence-corrected chi connectivity index (χ2v) is 9.35. The quantitative estimate of drug-likeness (QED) is 0.168. The minimum atomic E-state index is -1.20. The smallest absolute Gasteiger partial charge is 0.326 e. The molecule has 0 spiro atoms. The molecule has 0 aromatic heterocycles. The Kier molecular flexibility index (Phi) is 9.28. The van der Waals surface area contributed by atoms with E-state index in [1.54, 1.807) is 36.5 Å². The van der Waals surface area contributed by atoms with Gasteiger partial charge in [0.05, 0.1) is 21.7 Å². The Balaban J connectivity index is 1.58. The summed E-state index contributed by atoms with van der Waals surface area (Å²) in [5, 5.41) is 23.2. The number of ketones is 1. The van der Waals surface area contributed by atoms with Crippen LogP contribution in [0.3, 0.4) is 0 Å². The fraction of sp³-hybridized carbons (Fsp3) is 0.320. The number of guanidine groups is 1. The number of benzene rings is 2. The summed E-state index contributed by atoms with van der Waals surface area (Å²) in [5.41, 5.74) is 7.11. The first-order chi connectivity index (χ1) is 17.2. The van der Waals surface area contributed by atoms with Gasteiger partial charge in [0.2, 0.25) is 5.96 Å². The SMILES string of the molecule is N#CNC(N)=N[C@H]1CC[C@H](C(=O)Cc2ccc(C[C@H](NC(=O)c3c(Cl)cccc3Cl)C(=O)O)cc2)C1. The van der Waals surface area contributed by atoms with Gasteiger partial charge in [0.25, 0.3) is 5.91 Å². The second kappa shape index (κ2) is 12.4. The topological polar surface area (TPSA) is 158 Å². The van der Waals surface area contributed by atoms with Crippen LogP contribution in [0, 0.1) is 17.4 Å². The third-order valence-electron chi connectivity index (χ3n) is 6.00. The first-order valence-corrected chi connectivity index (χ1v) is 12.0. The van der Waals surface area contributed by atoms with E-state index in [1.807, 2.05) is 0 Å². The second-order valence-electron chi connectivity index (χ2n) is 8.54. The van der Waals surface area contributed by atoms with Gasteiger partial charge in [-0.05, 0) is 42.5 Å². The molecule has 3 atom stereocenters. The third kappa shape index (κ3) is 7.20. The maximum Gasteiger partial charge on any atom is 0.326 e. The van der Waals surface area contributed by atoms with E-state index in [0.717, 1.165) is 12.0 Å². The van der Waals surface area contributed by atoms with Gasteiger partial charge in [0.1, 0.15) is 11.8 Å². The van der Waals surface area contributed by atoms with Crippen molar-refractivity contribution in [1.82, 2.24) is 10.6 Å². The van der Waals surface area contributed by atoms with E-state index in [-0.39, 0.29) is 52.2 Å². The van der Waals surface area contributed by atoms with Gasteiger partial charge in [0.15, 0.2) is 6.19 Å². The number of nitrogens with one attached hydrogen (secondary N) is 2. The van der Waals surface area contributed by atoms with Crippen molar-refractivity contribution in [3.05, 3.63) is 69.2 Å². The number of Topliss-reactive ketones (excluding diaryl/α,β-unsaturated/α-hetero) is 1. The molecule has 3 rings (SSSR count). The van der Waals surface area contributed by atoms with Gasteiger partial charge in [-0.25, -0.2) is 9.79 Å². The van der Waals surface area contributed by atoms with Crippen LogP contribution < -0.4 is 16.4 Å². The molecule has 1 aliphatic rings. The Morgan fingerprint density at radius 3 is 2.36 bits per heavy atom. The number of nitrogens with zero attached hydrogens (tertiary/aromatic N) is 2. The molecule has 188 valence electrons. The number of carbonyl (C=O) groups is 3. The van der Waals surface area contributed by atoms with E-state index >= 15 is 0 Å². The molecule has 1 saturated carbocycles. The largest absolute Gasteiger partial charge is 0.480 e. The lowest BCUT2D eigenvalue weighted by Crippen LogP contribution is -2.42. The van der Waals surface area contributed by atoms with Crippen LogP contribution in [0.1, 0.15) is 40.7 Å². The number of halogens is 2. The van der Waals surface area contributed by atoms with Crippen molar-refractivity contribution in [3.63, 3.8) is 0 Å². The van der Waals surface area contributed by atoms with Crippen LogP contribution in [0.15, 0.2) is 47.5 Å². The minimum absolute atomic E-state index is 0.0183. The summed E-state index contributed by atoms with van der Waals surface area (Å²) in [4.78, 5) is 41.3. The molecule has 0 radical (unpaired) electrons. The first kappa shape index (κ1) is 27.0. The van der Waals surface area contributed by atoms with Gasteiger partial charge in [-0.2, -0.15) is 5.26 Å². The molecule has 1 amide bonds. The highest BCUT2D eigenvalue weighted by atomic mass is 35.5. The predicted molar refractivity (Wildman–Crippen MR) is 136 cm³/mol. The fourth-order valence-corrected chi connectivity index (χ4v) is 4.74. The molecule has 9 nitrogen and oxygen atoms in total. The van der Waals surface area contributed by atoms with Gasteiger partial charge in [-0.1, -0.05) is 53.5 Å². The lowest BCUT2D eigenvalue weighted by atomic mass is 9.95. The zero-order chi connectivity index (χ0) is 26.2. The molecule has 1 fully saturated rings. The zero-order valence-electron chi connectivity index (χ0n) is 19.2. The summed E-state index contributed by atoms with van der Waals surface area (Å²) in [7, 11) is 0. The Morgan fingerprint density at radius 2 is 1.75 bits per heavy atom. The number of carbonyl (C=O) groups excluding carboxylic acids is 2. The molecule has 11 heteroatoms. The zero-order valence-corrected chi connectivity index (χ0v) is 20.7. The number of aliphatic carboxylic acids is 1. The molecule has 5 N–H and O–H groups in total. The van der Waals surface area contributed by atoms with E-state index < -0.39 is 17.9 Å². The summed E-state index contributed by atoms with van der Waals surface area (Å²) < 4.78 is 0. The molecule has 36 heavy (non-hydrogen) atoms. The standard InChI is InChI=1S/C25H25Cl2N5O4/c26-18-2-1-3-19(27)22(18)23(34)32-20(24(35)36)10-14-4-6-15(7-5-14)11-21(33)16-8-9-17(12-16)31-25(29)30-13-28/h1-7,16-17,20H,8-12H2,(H,32,34)(H,35,36)(H3,29,30,31)/t16-,17-,20-/m0/s1. The summed E-state index contributed by atoms with van der Waals surface area (Å²) in [6.07, 6.45) is 4.02. The molecular formula is C25H25Cl2N5O4. The van der Waals surface area contributed by atoms with Crippen LogP contribution in [0.25, 0.3) is 0 Å². The van der Waals surface area contributed by atoms with Gasteiger partial charge in [0, 0.05) is 18.8 Å². The normalized spacial score (nSPS) is 18.2. The summed E-state index contributed by atoms with van der Waals surface area (Å²) in [6, 6.07) is 10.3. The summed E-state index contributed by atoms with van der Waals surface area (Å²) >= 11 is 12.1. The number of carboxylic acid groups (broad SMARTS) is 1. The number of hydrogen-bond acceptors (Lipinski definition) is 5. The van der Waals surface area contributed by atoms with Crippen molar-refractivity contribution in [2.24, 2.45) is 16.6 Å². The fourth-order valence-electron chi connectivity index (χ4n) is 4.17. The number of amides is 1. The van der Waals surface area contributed by atoms with Crippen LogP contribution in [-0.2, 0) is 22.4 Å². The van der Waals surface area contributed by atoms with Crippen molar-refractivity contribution < 1.29 is 19.5 Å². The van der Waals surface area contributed by atoms with Gasteiger partial charge in [-0.15, -0.1) is 0 Å². The van der Waals surface area contributed by atoms with E-state index in [1.165, 1.54) is 12.1 Å². The van der Waals surface area contributed by atoms with Crippen LogP contribution in [0.5, 0.6) is 0 Å². The average Bonchev–Trinajstić information content (AvgIpc) is 3.28. The number of rotatable bonds is 9. The van der Waals surface area contributed by atoms with Crippen LogP contribution >= 0.6 is 23.2 Å². The van der Waals surface area contributed by atoms with Gasteiger partial charge >= 0.3 is 5.97 Å². The third-order valence-corrected chi connectivity index (χ3v) is 6.63. The van der Waals surface area contributed by atoms with Crippen LogP contribution in [0.4, 0.5) is 0 Å². The Bertz CT molecular complexity index is 1190. The molecular weight excluding hydrogens is 505 g/mol. The molecule has 0 aliphatic heterocycles. The number of carboxylic acids is 1. The van der Waals surface area contributed by atoms with E-state index in [2.05, 4.69) is 15.6 Å². The van der Waals surface area contributed by atoms with E-state index in [0.29, 0.717) is 18.4 Å². The lowest BCUT2D eigenvalue weighted by Gasteiger charge is -2.16. The summed E-state index contributed by atoms with van der Waals surface area (Å²) in [5.74, 6) is -1.85. The average molecular weight is 530 g/mol. The van der Waals surface area contributed by atoms with Crippen molar-refractivity contribution in [1.29, 1.82) is 5.26 Å². The highest BCUT2D eigenvalue weighted by Crippen LogP contribution is 2.29. The number of aliphatic imine (C=N–C) groups is 1. The molecule has 0 saturated heterocycles. The molecule has 0 bridgehead atoms. The van der Waals surface area contributed by atoms with Crippen molar-refractivity contribution >= 4 is 46.8 Å². The predicted octanol–water partition coefficient (Wildman–Crippen LogP) is 3.08. The maximum atomic E-state index is 12.7. The van der Waals surface area contributed by atoms with Gasteiger partial charge in [-0.3, -0.25) is 14.9 Å². The maximum absolute atomic E-state index is 12.7. The monoisotopic (exact) mass is 529 g/mol. The Labute approximate surface area is 218 Å². The van der Waals surface area contributed by atoms with Crippen LogP contribution in [-0.4, -0.2) is 40.8 Å². The highest BCUT2D eigenvalue weighted by Gasteiger charge is 2.30. The number of nitrogens with two attached hydrogens (primary N) is 1. The summed E-state index contributed by atoms with van der Waals surface area (Å²) in [6.45, 7) is 0. The van der Waals surface area contributed by atoms with E-state index in [9.17, 15) is 19.5 Å². The van der Waals surface area contributed by atoms with Gasteiger partial charge < -0.3 is 16.2 Å². The highest BCUT2D eigenvalue weighted by molar-refractivity contribution is 6.39. The first-order valence-electron chi connectivity index (χ1n) is 11.2. The molecule has 2 aromatic carbocycles. The van der Waals surface area contributed by atoms with E-state index in [4.69, 9.17) is 34.2 Å². The Hall–Kier alpha value is -3.61. The number of hydrogen-bond donors (Lipinski definition) is 4. The molecule has 1 aliphatic carbocycles.